The summed E-state index contributed by atoms with van der Waals surface area (Å²) < 4.78 is 5.50. The smallest absolute Gasteiger partial charge is 0.340 e. The number of hydrogen-bond acceptors (Lipinski definition) is 4. The molecule has 84 valence electrons. The van der Waals surface area contributed by atoms with Gasteiger partial charge < -0.3 is 10.5 Å². The minimum absolute atomic E-state index is 0.106. The third kappa shape index (κ3) is 0.991. The predicted octanol–water partition coefficient (Wildman–Crippen LogP) is 1.64. The Kier molecular flexibility index (Phi) is 1.54. The second kappa shape index (κ2) is 2.56. The van der Waals surface area contributed by atoms with Crippen molar-refractivity contribution in [2.75, 3.05) is 5.73 Å². The zero-order valence-corrected chi connectivity index (χ0v) is 9.41. The lowest BCUT2D eigenvalue weighted by molar-refractivity contribution is -0.0284. The quantitative estimate of drug-likeness (QED) is 0.672. The first kappa shape index (κ1) is 9.63. The average molecular weight is 218 g/mol. The molecule has 2 heterocycles. The maximum Gasteiger partial charge on any atom is 0.340 e. The Bertz CT molecular complexity index is 490. The van der Waals surface area contributed by atoms with Gasteiger partial charge in [-0.05, 0) is 38.8 Å². The Labute approximate surface area is 93.8 Å². The summed E-state index contributed by atoms with van der Waals surface area (Å²) in [6.45, 7) is 3.90. The number of cyclic esters (lactones) is 1. The molecule has 1 aliphatic heterocycles. The van der Waals surface area contributed by atoms with E-state index in [2.05, 4.69) is 4.98 Å². The minimum atomic E-state index is -0.474. The molecule has 0 saturated heterocycles. The minimum Gasteiger partial charge on any atom is -0.455 e. The number of pyridine rings is 1. The van der Waals surface area contributed by atoms with E-state index in [0.29, 0.717) is 11.4 Å². The number of hydrogen-bond donors (Lipinski definition) is 1. The number of nitrogens with two attached hydrogens (primary N) is 1. The maximum atomic E-state index is 11.8. The Morgan fingerprint density at radius 2 is 2.06 bits per heavy atom. The van der Waals surface area contributed by atoms with Crippen LogP contribution in [0.25, 0.3) is 0 Å². The third-order valence-electron chi connectivity index (χ3n) is 3.84. The predicted molar refractivity (Wildman–Crippen MR) is 59.1 cm³/mol. The fourth-order valence-corrected chi connectivity index (χ4v) is 2.64. The number of carbonyl (C=O) groups is 1. The number of anilines is 1. The molecule has 0 aromatic carbocycles. The largest absolute Gasteiger partial charge is 0.455 e. The van der Waals surface area contributed by atoms with Crippen LogP contribution in [-0.2, 0) is 10.2 Å². The lowest BCUT2D eigenvalue weighted by Gasteiger charge is -2.38. The highest BCUT2D eigenvalue weighted by molar-refractivity contribution is 5.93. The van der Waals surface area contributed by atoms with Crippen molar-refractivity contribution in [3.8, 4) is 0 Å². The highest BCUT2D eigenvalue weighted by Gasteiger charge is 2.62. The van der Waals surface area contributed by atoms with Crippen LogP contribution in [0, 0.1) is 0 Å². The van der Waals surface area contributed by atoms with E-state index in [-0.39, 0.29) is 11.4 Å². The molecule has 0 bridgehead atoms. The van der Waals surface area contributed by atoms with Gasteiger partial charge in [0, 0.05) is 0 Å². The van der Waals surface area contributed by atoms with Crippen LogP contribution in [0.3, 0.4) is 0 Å². The SMILES string of the molecule is CC1(C)OC(=O)c2ccc(N)nc2C12CC2. The molecule has 1 spiro atoms. The van der Waals surface area contributed by atoms with Crippen LogP contribution >= 0.6 is 0 Å². The van der Waals surface area contributed by atoms with Crippen molar-refractivity contribution < 1.29 is 9.53 Å². The highest BCUT2D eigenvalue weighted by atomic mass is 16.6. The van der Waals surface area contributed by atoms with Gasteiger partial charge in [-0.3, -0.25) is 0 Å². The van der Waals surface area contributed by atoms with E-state index in [1.54, 1.807) is 12.1 Å². The van der Waals surface area contributed by atoms with Crippen molar-refractivity contribution >= 4 is 11.8 Å². The molecule has 4 heteroatoms. The van der Waals surface area contributed by atoms with Gasteiger partial charge in [0.15, 0.2) is 0 Å². The van der Waals surface area contributed by atoms with Crippen LogP contribution in [0.15, 0.2) is 12.1 Å². The Morgan fingerprint density at radius 3 is 2.69 bits per heavy atom. The molecule has 0 radical (unpaired) electrons. The lowest BCUT2D eigenvalue weighted by Crippen LogP contribution is -2.46. The molecular formula is C12H14N2O2. The number of nitrogens with zero attached hydrogens (tertiary/aromatic N) is 1. The van der Waals surface area contributed by atoms with Crippen molar-refractivity contribution in [2.24, 2.45) is 0 Å². The number of rotatable bonds is 0. The van der Waals surface area contributed by atoms with Crippen molar-refractivity contribution in [3.05, 3.63) is 23.4 Å². The van der Waals surface area contributed by atoms with E-state index in [4.69, 9.17) is 10.5 Å². The maximum absolute atomic E-state index is 11.8. The monoisotopic (exact) mass is 218 g/mol. The van der Waals surface area contributed by atoms with Crippen LogP contribution in [0.4, 0.5) is 5.82 Å². The number of ether oxygens (including phenoxy) is 1. The number of nitrogen functional groups attached to an aromatic ring is 1. The molecule has 1 aromatic heterocycles. The molecule has 2 aliphatic rings. The average Bonchev–Trinajstić information content (AvgIpc) is 2.95. The number of carbonyl (C=O) groups excluding carboxylic acids is 1. The number of aromatic nitrogens is 1. The summed E-state index contributed by atoms with van der Waals surface area (Å²) in [7, 11) is 0. The van der Waals surface area contributed by atoms with Gasteiger partial charge in [-0.15, -0.1) is 0 Å². The van der Waals surface area contributed by atoms with E-state index in [1.165, 1.54) is 0 Å². The second-order valence-corrected chi connectivity index (χ2v) is 5.11. The molecule has 1 saturated carbocycles. The van der Waals surface area contributed by atoms with Crippen LogP contribution in [0.2, 0.25) is 0 Å². The van der Waals surface area contributed by atoms with Crippen LogP contribution in [0.1, 0.15) is 42.7 Å². The fourth-order valence-electron chi connectivity index (χ4n) is 2.64. The van der Waals surface area contributed by atoms with Gasteiger partial charge in [0.25, 0.3) is 0 Å². The first-order chi connectivity index (χ1) is 7.46. The molecule has 0 unspecified atom stereocenters. The van der Waals surface area contributed by atoms with Crippen molar-refractivity contribution in [3.63, 3.8) is 0 Å². The summed E-state index contributed by atoms with van der Waals surface area (Å²) in [6.07, 6.45) is 2.02. The van der Waals surface area contributed by atoms with Crippen LogP contribution in [0.5, 0.6) is 0 Å². The van der Waals surface area contributed by atoms with Gasteiger partial charge >= 0.3 is 5.97 Å². The normalized spacial score (nSPS) is 23.8. The Hall–Kier alpha value is -1.58. The molecule has 0 amide bonds. The van der Waals surface area contributed by atoms with Crippen LogP contribution < -0.4 is 5.73 Å². The molecular weight excluding hydrogens is 204 g/mol. The van der Waals surface area contributed by atoms with Gasteiger partial charge in [-0.1, -0.05) is 0 Å². The molecule has 2 N–H and O–H groups in total. The van der Waals surface area contributed by atoms with Crippen molar-refractivity contribution in [1.29, 1.82) is 0 Å². The Morgan fingerprint density at radius 1 is 1.38 bits per heavy atom. The van der Waals surface area contributed by atoms with Gasteiger partial charge in [0.05, 0.1) is 16.7 Å². The Balaban J connectivity index is 2.26. The fraction of sp³-hybridized carbons (Fsp3) is 0.500. The van der Waals surface area contributed by atoms with Crippen LogP contribution in [-0.4, -0.2) is 16.6 Å². The molecule has 4 nitrogen and oxygen atoms in total. The zero-order chi connectivity index (χ0) is 11.6. The van der Waals surface area contributed by atoms with Gasteiger partial charge in [0.2, 0.25) is 0 Å². The molecule has 1 fully saturated rings. The zero-order valence-electron chi connectivity index (χ0n) is 9.41. The molecule has 1 aromatic rings. The summed E-state index contributed by atoms with van der Waals surface area (Å²) in [5, 5.41) is 0. The summed E-state index contributed by atoms with van der Waals surface area (Å²) in [5.41, 5.74) is 6.52. The summed E-state index contributed by atoms with van der Waals surface area (Å²) in [4.78, 5) is 16.2. The molecule has 16 heavy (non-hydrogen) atoms. The van der Waals surface area contributed by atoms with Crippen molar-refractivity contribution in [2.45, 2.75) is 37.7 Å². The first-order valence-electron chi connectivity index (χ1n) is 5.47. The van der Waals surface area contributed by atoms with Gasteiger partial charge in [-0.25, -0.2) is 9.78 Å². The number of esters is 1. The second-order valence-electron chi connectivity index (χ2n) is 5.11. The van der Waals surface area contributed by atoms with E-state index in [9.17, 15) is 4.79 Å². The third-order valence-corrected chi connectivity index (χ3v) is 3.84. The molecule has 1 aliphatic carbocycles. The van der Waals surface area contributed by atoms with Gasteiger partial charge in [-0.2, -0.15) is 0 Å². The standard InChI is InChI=1S/C12H14N2O2/c1-11(2)12(5-6-12)9-7(10(15)16-11)3-4-8(13)14-9/h3-4H,5-6H2,1-2H3,(H2,13,14). The van der Waals surface area contributed by atoms with E-state index in [1.807, 2.05) is 13.8 Å². The summed E-state index contributed by atoms with van der Waals surface area (Å²) in [6, 6.07) is 3.36. The molecule has 3 rings (SSSR count). The van der Waals surface area contributed by atoms with E-state index in [0.717, 1.165) is 18.5 Å². The summed E-state index contributed by atoms with van der Waals surface area (Å²) >= 11 is 0. The highest BCUT2D eigenvalue weighted by Crippen LogP contribution is 2.59. The molecule has 0 atom stereocenters. The topological polar surface area (TPSA) is 65.2 Å². The van der Waals surface area contributed by atoms with Crippen molar-refractivity contribution in [1.82, 2.24) is 4.98 Å². The number of fused-ring (bicyclic) bond motifs is 2. The van der Waals surface area contributed by atoms with E-state index >= 15 is 0 Å². The van der Waals surface area contributed by atoms with E-state index < -0.39 is 5.60 Å². The van der Waals surface area contributed by atoms with Gasteiger partial charge in [0.1, 0.15) is 11.4 Å². The summed E-state index contributed by atoms with van der Waals surface area (Å²) in [5.74, 6) is 0.181. The lowest BCUT2D eigenvalue weighted by atomic mass is 9.80. The first-order valence-corrected chi connectivity index (χ1v) is 5.47.